The second-order valence-electron chi connectivity index (χ2n) is 5.67. The van der Waals surface area contributed by atoms with Crippen LogP contribution in [0.4, 0.5) is 0 Å². The molecule has 1 saturated carbocycles. The Morgan fingerprint density at radius 2 is 2.04 bits per heavy atom. The fraction of sp³-hybridized carbons (Fsp3) is 0.176. The van der Waals surface area contributed by atoms with Crippen molar-refractivity contribution in [1.82, 2.24) is 19.7 Å². The third-order valence-electron chi connectivity index (χ3n) is 3.67. The van der Waals surface area contributed by atoms with E-state index >= 15 is 0 Å². The van der Waals surface area contributed by atoms with Gasteiger partial charge in [0.2, 0.25) is 17.0 Å². The summed E-state index contributed by atoms with van der Waals surface area (Å²) in [4.78, 5) is 18.1. The third kappa shape index (κ3) is 4.58. The second-order valence-corrected chi connectivity index (χ2v) is 6.59. The summed E-state index contributed by atoms with van der Waals surface area (Å²) >= 11 is -2.09. The van der Waals surface area contributed by atoms with Gasteiger partial charge in [-0.3, -0.25) is 9.78 Å². The molecule has 1 aliphatic carbocycles. The van der Waals surface area contributed by atoms with Gasteiger partial charge in [0.25, 0.3) is 0 Å². The molecule has 0 aliphatic heterocycles. The third-order valence-corrected chi connectivity index (χ3v) is 4.26. The van der Waals surface area contributed by atoms with Crippen LogP contribution in [0.3, 0.4) is 0 Å². The molecule has 3 N–H and O–H groups in total. The maximum absolute atomic E-state index is 11.0. The van der Waals surface area contributed by atoms with Gasteiger partial charge in [-0.05, 0) is 37.1 Å². The number of nitrogens with two attached hydrogens (primary N) is 1. The first-order valence-corrected chi connectivity index (χ1v) is 8.98. The highest BCUT2D eigenvalue weighted by Crippen LogP contribution is 2.27. The molecule has 1 atom stereocenters. The molecule has 9 heteroatoms. The molecular weight excluding hydrogens is 354 g/mol. The van der Waals surface area contributed by atoms with Crippen LogP contribution in [0.25, 0.3) is 16.9 Å². The van der Waals surface area contributed by atoms with Gasteiger partial charge in [0.1, 0.15) is 0 Å². The molecule has 26 heavy (non-hydrogen) atoms. The smallest absolute Gasteiger partial charge is 0.220 e. The lowest BCUT2D eigenvalue weighted by Crippen LogP contribution is -2.11. The van der Waals surface area contributed by atoms with E-state index in [2.05, 4.69) is 15.1 Å². The van der Waals surface area contributed by atoms with E-state index < -0.39 is 11.1 Å². The van der Waals surface area contributed by atoms with E-state index in [1.165, 1.54) is 6.07 Å². The summed E-state index contributed by atoms with van der Waals surface area (Å²) in [5, 5.41) is 4.36. The first kappa shape index (κ1) is 17.9. The van der Waals surface area contributed by atoms with Gasteiger partial charge in [-0.15, -0.1) is 0 Å². The average Bonchev–Trinajstić information content (AvgIpc) is 3.40. The average molecular weight is 371 g/mol. The number of carbonyl (C=O) groups excluding carboxylic acids is 1. The van der Waals surface area contributed by atoms with Gasteiger partial charge in [0.15, 0.2) is 5.03 Å². The molecule has 0 spiro atoms. The van der Waals surface area contributed by atoms with Crippen LogP contribution in [-0.4, -0.2) is 34.4 Å². The van der Waals surface area contributed by atoms with E-state index in [0.29, 0.717) is 5.69 Å². The van der Waals surface area contributed by atoms with E-state index in [-0.39, 0.29) is 16.9 Å². The SMILES string of the molecule is NC(=O)C1CC1.O=S(O)c1cccc(-c2cnn(-c3cccnc3)c2)n1. The zero-order valence-electron chi connectivity index (χ0n) is 13.7. The number of carbonyl (C=O) groups is 1. The lowest BCUT2D eigenvalue weighted by Gasteiger charge is -2.00. The molecule has 0 radical (unpaired) electrons. The van der Waals surface area contributed by atoms with Gasteiger partial charge in [-0.25, -0.2) is 13.9 Å². The minimum atomic E-state index is -2.09. The van der Waals surface area contributed by atoms with E-state index in [1.54, 1.807) is 41.6 Å². The molecule has 0 aromatic carbocycles. The molecule has 3 aromatic heterocycles. The number of hydrogen-bond acceptors (Lipinski definition) is 5. The molecule has 3 heterocycles. The Morgan fingerprint density at radius 1 is 1.23 bits per heavy atom. The number of rotatable bonds is 4. The summed E-state index contributed by atoms with van der Waals surface area (Å²) in [5.74, 6) is 0.111. The Bertz CT molecular complexity index is 925. The molecule has 0 bridgehead atoms. The van der Waals surface area contributed by atoms with Crippen LogP contribution in [0, 0.1) is 5.92 Å². The molecule has 1 amide bonds. The molecular formula is C17H17N5O3S. The van der Waals surface area contributed by atoms with Crippen molar-refractivity contribution in [1.29, 1.82) is 0 Å². The summed E-state index contributed by atoms with van der Waals surface area (Å²) in [6.07, 6.45) is 8.88. The fourth-order valence-electron chi connectivity index (χ4n) is 2.13. The second kappa shape index (κ2) is 7.98. The molecule has 1 fully saturated rings. The number of aromatic nitrogens is 4. The van der Waals surface area contributed by atoms with Crippen molar-refractivity contribution in [2.45, 2.75) is 17.9 Å². The van der Waals surface area contributed by atoms with Crippen molar-refractivity contribution in [3.05, 3.63) is 55.1 Å². The number of primary amides is 1. The molecule has 1 aliphatic rings. The molecule has 4 rings (SSSR count). The molecule has 3 aromatic rings. The maximum atomic E-state index is 11.0. The molecule has 0 saturated heterocycles. The normalized spacial score (nSPS) is 14.2. The van der Waals surface area contributed by atoms with Crippen molar-refractivity contribution in [2.75, 3.05) is 0 Å². The monoisotopic (exact) mass is 371 g/mol. The molecule has 1 unspecified atom stereocenters. The van der Waals surface area contributed by atoms with Gasteiger partial charge in [0.05, 0.1) is 23.8 Å². The van der Waals surface area contributed by atoms with Crippen molar-refractivity contribution in [2.24, 2.45) is 11.7 Å². The van der Waals surface area contributed by atoms with E-state index in [4.69, 9.17) is 10.3 Å². The van der Waals surface area contributed by atoms with Crippen molar-refractivity contribution in [3.8, 4) is 16.9 Å². The van der Waals surface area contributed by atoms with Gasteiger partial charge in [0, 0.05) is 23.9 Å². The van der Waals surface area contributed by atoms with Crippen molar-refractivity contribution in [3.63, 3.8) is 0 Å². The Hall–Kier alpha value is -2.91. The standard InChI is InChI=1S/C13H10N4O2S.C4H7NO/c18-20(19)13-5-1-4-12(16-13)10-7-15-17(9-10)11-3-2-6-14-8-11;5-4(6)3-1-2-3/h1-9H,(H,18,19);3H,1-2H2,(H2,5,6). The van der Waals surface area contributed by atoms with Gasteiger partial charge < -0.3 is 10.3 Å². The Balaban J connectivity index is 0.000000278. The number of nitrogens with zero attached hydrogens (tertiary/aromatic N) is 4. The summed E-state index contributed by atoms with van der Waals surface area (Å²) in [6.45, 7) is 0. The summed E-state index contributed by atoms with van der Waals surface area (Å²) < 4.78 is 21.8. The Morgan fingerprint density at radius 3 is 2.62 bits per heavy atom. The van der Waals surface area contributed by atoms with Crippen LogP contribution in [0.5, 0.6) is 0 Å². The number of amides is 1. The summed E-state index contributed by atoms with van der Waals surface area (Å²) in [6, 6.07) is 8.67. The summed E-state index contributed by atoms with van der Waals surface area (Å²) in [7, 11) is 0. The topological polar surface area (TPSA) is 124 Å². The van der Waals surface area contributed by atoms with Crippen LogP contribution < -0.4 is 5.73 Å². The predicted octanol–water partition coefficient (Wildman–Crippen LogP) is 1.79. The van der Waals surface area contributed by atoms with E-state index in [0.717, 1.165) is 24.1 Å². The zero-order valence-corrected chi connectivity index (χ0v) is 14.5. The first-order valence-electron chi connectivity index (χ1n) is 7.87. The van der Waals surface area contributed by atoms with Gasteiger partial charge in [-0.2, -0.15) is 5.10 Å². The zero-order chi connectivity index (χ0) is 18.5. The first-order chi connectivity index (χ1) is 12.5. The number of pyridine rings is 2. The van der Waals surface area contributed by atoms with E-state index in [9.17, 15) is 9.00 Å². The highest BCUT2D eigenvalue weighted by Gasteiger charge is 2.26. The highest BCUT2D eigenvalue weighted by molar-refractivity contribution is 7.79. The quantitative estimate of drug-likeness (QED) is 0.674. The fourth-order valence-corrected chi connectivity index (χ4v) is 2.50. The van der Waals surface area contributed by atoms with Crippen LogP contribution in [0.2, 0.25) is 0 Å². The van der Waals surface area contributed by atoms with Gasteiger partial charge >= 0.3 is 0 Å². The minimum absolute atomic E-state index is 0.122. The lowest BCUT2D eigenvalue weighted by atomic mass is 10.2. The molecule has 134 valence electrons. The van der Waals surface area contributed by atoms with Crippen LogP contribution in [-0.2, 0) is 15.9 Å². The van der Waals surface area contributed by atoms with E-state index in [1.807, 2.05) is 12.1 Å². The highest BCUT2D eigenvalue weighted by atomic mass is 32.2. The van der Waals surface area contributed by atoms with Crippen LogP contribution >= 0.6 is 0 Å². The minimum Gasteiger partial charge on any atom is -0.369 e. The predicted molar refractivity (Wildman–Crippen MR) is 95.5 cm³/mol. The van der Waals surface area contributed by atoms with Gasteiger partial charge in [-0.1, -0.05) is 6.07 Å². The van der Waals surface area contributed by atoms with Crippen LogP contribution in [0.15, 0.2) is 60.1 Å². The number of hydrogen-bond donors (Lipinski definition) is 2. The Kier molecular flexibility index (Phi) is 5.49. The Labute approximate surface area is 152 Å². The van der Waals surface area contributed by atoms with Crippen LogP contribution in [0.1, 0.15) is 12.8 Å². The molecule has 8 nitrogen and oxygen atoms in total. The largest absolute Gasteiger partial charge is 0.369 e. The maximum Gasteiger partial charge on any atom is 0.220 e. The van der Waals surface area contributed by atoms with Crippen molar-refractivity contribution >= 4 is 17.0 Å². The van der Waals surface area contributed by atoms with Crippen molar-refractivity contribution < 1.29 is 13.6 Å². The lowest BCUT2D eigenvalue weighted by molar-refractivity contribution is -0.119. The summed E-state index contributed by atoms with van der Waals surface area (Å²) in [5.41, 5.74) is 7.05.